The van der Waals surface area contributed by atoms with Gasteiger partial charge in [-0.1, -0.05) is 6.92 Å². The molecule has 1 atom stereocenters. The molecular weight excluding hydrogens is 181 g/mol. The van der Waals surface area contributed by atoms with Crippen LogP contribution >= 0.6 is 7.82 Å². The normalized spacial score (nSPS) is 24.2. The van der Waals surface area contributed by atoms with Crippen molar-refractivity contribution in [3.8, 4) is 0 Å². The molecule has 1 aliphatic rings. The van der Waals surface area contributed by atoms with Crippen LogP contribution in [-0.2, 0) is 4.57 Å². The molecule has 74 valence electrons. The van der Waals surface area contributed by atoms with Crippen molar-refractivity contribution in [2.75, 3.05) is 13.1 Å². The number of hydrogen-bond donors (Lipinski definition) is 4. The molecule has 0 aromatic carbocycles. The Morgan fingerprint density at radius 2 is 1.92 bits per heavy atom. The molecule has 0 bridgehead atoms. The van der Waals surface area contributed by atoms with E-state index in [1.54, 1.807) is 0 Å². The van der Waals surface area contributed by atoms with Crippen molar-refractivity contribution in [3.63, 3.8) is 0 Å². The third-order valence-electron chi connectivity index (χ3n) is 1.54. The zero-order valence-electron chi connectivity index (χ0n) is 7.10. The minimum atomic E-state index is -4.64. The molecule has 5 nitrogen and oxygen atoms in total. The molecule has 1 saturated heterocycles. The summed E-state index contributed by atoms with van der Waals surface area (Å²) in [5.74, 6) is 0.925. The van der Waals surface area contributed by atoms with Crippen molar-refractivity contribution in [1.82, 2.24) is 5.32 Å². The van der Waals surface area contributed by atoms with E-state index in [1.807, 2.05) is 0 Å². The summed E-state index contributed by atoms with van der Waals surface area (Å²) < 4.78 is 8.88. The molecule has 0 amide bonds. The lowest BCUT2D eigenvalue weighted by molar-refractivity contribution is 0.275. The van der Waals surface area contributed by atoms with Crippen LogP contribution in [0.15, 0.2) is 0 Å². The fourth-order valence-corrected chi connectivity index (χ4v) is 1.03. The van der Waals surface area contributed by atoms with Crippen molar-refractivity contribution in [1.29, 1.82) is 0 Å². The number of piperidine rings is 1. The Morgan fingerprint density at radius 3 is 2.08 bits per heavy atom. The quantitative estimate of drug-likeness (QED) is 0.413. The van der Waals surface area contributed by atoms with E-state index in [4.69, 9.17) is 19.2 Å². The highest BCUT2D eigenvalue weighted by Gasteiger charge is 2.04. The first-order chi connectivity index (χ1) is 5.39. The molecule has 0 aromatic rings. The van der Waals surface area contributed by atoms with Crippen molar-refractivity contribution < 1.29 is 19.2 Å². The first-order valence-electron chi connectivity index (χ1n) is 3.88. The summed E-state index contributed by atoms with van der Waals surface area (Å²) in [6, 6.07) is 0. The van der Waals surface area contributed by atoms with Crippen molar-refractivity contribution in [3.05, 3.63) is 0 Å². The maximum absolute atomic E-state index is 8.88. The van der Waals surface area contributed by atoms with E-state index in [0.29, 0.717) is 0 Å². The molecule has 1 aliphatic heterocycles. The Balaban J connectivity index is 0.000000217. The van der Waals surface area contributed by atoms with Gasteiger partial charge >= 0.3 is 7.82 Å². The largest absolute Gasteiger partial charge is 0.466 e. The molecule has 1 heterocycles. The van der Waals surface area contributed by atoms with Gasteiger partial charge in [-0.3, -0.25) is 0 Å². The second-order valence-electron chi connectivity index (χ2n) is 2.96. The second kappa shape index (κ2) is 5.67. The Hall–Kier alpha value is 0.0700. The fraction of sp³-hybridized carbons (Fsp3) is 1.00. The van der Waals surface area contributed by atoms with Crippen LogP contribution in [0.1, 0.15) is 19.8 Å². The number of rotatable bonds is 0. The lowest BCUT2D eigenvalue weighted by Gasteiger charge is -2.17. The molecule has 1 fully saturated rings. The maximum atomic E-state index is 8.88. The summed E-state index contributed by atoms with van der Waals surface area (Å²) in [5, 5.41) is 3.33. The van der Waals surface area contributed by atoms with E-state index in [1.165, 1.54) is 25.9 Å². The van der Waals surface area contributed by atoms with Crippen LogP contribution in [0, 0.1) is 5.92 Å². The van der Waals surface area contributed by atoms with Gasteiger partial charge in [-0.15, -0.1) is 0 Å². The molecule has 1 rings (SSSR count). The van der Waals surface area contributed by atoms with E-state index >= 15 is 0 Å². The van der Waals surface area contributed by atoms with Gasteiger partial charge in [0.1, 0.15) is 0 Å². The Kier molecular flexibility index (Phi) is 5.70. The van der Waals surface area contributed by atoms with Gasteiger partial charge in [0.15, 0.2) is 0 Å². The molecule has 0 spiro atoms. The standard InChI is InChI=1S/C6H13N.H3O4P/c1-6-3-2-4-7-5-6;1-5(2,3)4/h6-7H,2-5H2,1H3;(H3,1,2,3,4). The highest BCUT2D eigenvalue weighted by molar-refractivity contribution is 7.45. The first-order valence-corrected chi connectivity index (χ1v) is 5.45. The molecular formula is C6H16NO4P. The summed E-state index contributed by atoms with van der Waals surface area (Å²) >= 11 is 0. The van der Waals surface area contributed by atoms with Gasteiger partial charge in [0.25, 0.3) is 0 Å². The number of nitrogens with one attached hydrogen (secondary N) is 1. The highest BCUT2D eigenvalue weighted by atomic mass is 31.2. The van der Waals surface area contributed by atoms with E-state index < -0.39 is 7.82 Å². The lowest BCUT2D eigenvalue weighted by Crippen LogP contribution is -2.27. The summed E-state index contributed by atoms with van der Waals surface area (Å²) in [4.78, 5) is 21.6. The van der Waals surface area contributed by atoms with Crippen molar-refractivity contribution in [2.24, 2.45) is 5.92 Å². The second-order valence-corrected chi connectivity index (χ2v) is 3.99. The Labute approximate surface area is 72.0 Å². The third kappa shape index (κ3) is 12.7. The van der Waals surface area contributed by atoms with Gasteiger partial charge in [0.05, 0.1) is 0 Å². The van der Waals surface area contributed by atoms with Crippen LogP contribution in [-0.4, -0.2) is 27.8 Å². The Morgan fingerprint density at radius 1 is 1.42 bits per heavy atom. The molecule has 6 heteroatoms. The predicted molar refractivity (Wildman–Crippen MR) is 45.5 cm³/mol. The number of hydrogen-bond acceptors (Lipinski definition) is 2. The van der Waals surface area contributed by atoms with Crippen LogP contribution in [0.25, 0.3) is 0 Å². The zero-order chi connectivity index (χ0) is 9.61. The molecule has 0 radical (unpaired) electrons. The van der Waals surface area contributed by atoms with E-state index in [0.717, 1.165) is 5.92 Å². The fourth-order valence-electron chi connectivity index (χ4n) is 1.03. The molecule has 0 aliphatic carbocycles. The van der Waals surface area contributed by atoms with Gasteiger partial charge in [-0.25, -0.2) is 4.57 Å². The summed E-state index contributed by atoms with van der Waals surface area (Å²) in [6.45, 7) is 4.77. The third-order valence-corrected chi connectivity index (χ3v) is 1.54. The molecule has 12 heavy (non-hydrogen) atoms. The van der Waals surface area contributed by atoms with Crippen LogP contribution in [0.2, 0.25) is 0 Å². The molecule has 1 unspecified atom stereocenters. The van der Waals surface area contributed by atoms with Gasteiger partial charge in [-0.05, 0) is 31.8 Å². The predicted octanol–water partition coefficient (Wildman–Crippen LogP) is 0.0773. The average Bonchev–Trinajstić information content (AvgIpc) is 1.85. The monoisotopic (exact) mass is 197 g/mol. The van der Waals surface area contributed by atoms with Crippen LogP contribution < -0.4 is 5.32 Å². The average molecular weight is 197 g/mol. The zero-order valence-corrected chi connectivity index (χ0v) is 8.00. The summed E-state index contributed by atoms with van der Waals surface area (Å²) in [5.41, 5.74) is 0. The Bertz CT molecular complexity index is 143. The summed E-state index contributed by atoms with van der Waals surface area (Å²) in [7, 11) is -4.64. The minimum absolute atomic E-state index is 0.925. The van der Waals surface area contributed by atoms with Crippen LogP contribution in [0.4, 0.5) is 0 Å². The molecule has 0 saturated carbocycles. The smallest absolute Gasteiger partial charge is 0.316 e. The topological polar surface area (TPSA) is 89.8 Å². The van der Waals surface area contributed by atoms with Gasteiger partial charge in [0.2, 0.25) is 0 Å². The summed E-state index contributed by atoms with van der Waals surface area (Å²) in [6.07, 6.45) is 2.80. The van der Waals surface area contributed by atoms with Crippen LogP contribution in [0.5, 0.6) is 0 Å². The van der Waals surface area contributed by atoms with E-state index in [2.05, 4.69) is 12.2 Å². The van der Waals surface area contributed by atoms with Gasteiger partial charge in [0, 0.05) is 0 Å². The van der Waals surface area contributed by atoms with Gasteiger partial charge < -0.3 is 20.0 Å². The molecule has 4 N–H and O–H groups in total. The number of phosphoric acid groups is 1. The SMILES string of the molecule is CC1CCCNC1.O=P(O)(O)O. The van der Waals surface area contributed by atoms with Gasteiger partial charge in [-0.2, -0.15) is 0 Å². The van der Waals surface area contributed by atoms with Crippen LogP contribution in [0.3, 0.4) is 0 Å². The maximum Gasteiger partial charge on any atom is 0.466 e. The lowest BCUT2D eigenvalue weighted by atomic mass is 10.0. The van der Waals surface area contributed by atoms with E-state index in [9.17, 15) is 0 Å². The first kappa shape index (κ1) is 12.1. The van der Waals surface area contributed by atoms with Crippen molar-refractivity contribution in [2.45, 2.75) is 19.8 Å². The minimum Gasteiger partial charge on any atom is -0.316 e. The van der Waals surface area contributed by atoms with Crippen molar-refractivity contribution >= 4 is 7.82 Å². The molecule has 0 aromatic heterocycles. The highest BCUT2D eigenvalue weighted by Crippen LogP contribution is 2.25. The van der Waals surface area contributed by atoms with E-state index in [-0.39, 0.29) is 0 Å².